The number of carbonyl (C=O) groups excluding carboxylic acids is 1. The molecule has 0 fully saturated rings. The van der Waals surface area contributed by atoms with Crippen LogP contribution >= 0.6 is 11.6 Å². The molecule has 0 bridgehead atoms. The van der Waals surface area contributed by atoms with Gasteiger partial charge in [0.2, 0.25) is 5.78 Å². The van der Waals surface area contributed by atoms with Crippen molar-refractivity contribution in [3.63, 3.8) is 0 Å². The maximum Gasteiger partial charge on any atom is 0.203 e. The number of Topliss-reactive ketones (excluding diaryl/α,β-unsaturated/α-hetero) is 1. The van der Waals surface area contributed by atoms with E-state index in [1.807, 2.05) is 6.07 Å². The van der Waals surface area contributed by atoms with E-state index < -0.39 is 11.6 Å². The summed E-state index contributed by atoms with van der Waals surface area (Å²) in [7, 11) is 1.43. The molecule has 2 aromatic rings. The van der Waals surface area contributed by atoms with Crippen LogP contribution in [0.5, 0.6) is 11.5 Å². The highest BCUT2D eigenvalue weighted by atomic mass is 35.5. The van der Waals surface area contributed by atoms with Crippen molar-refractivity contribution in [1.29, 1.82) is 5.26 Å². The van der Waals surface area contributed by atoms with Crippen molar-refractivity contribution < 1.29 is 18.7 Å². The lowest BCUT2D eigenvalue weighted by molar-refractivity contribution is 0.104. The lowest BCUT2D eigenvalue weighted by atomic mass is 10.0. The smallest absolute Gasteiger partial charge is 0.203 e. The summed E-state index contributed by atoms with van der Waals surface area (Å²) in [6.07, 6.45) is 6.53. The first-order chi connectivity index (χ1) is 12.5. The van der Waals surface area contributed by atoms with Gasteiger partial charge in [0.15, 0.2) is 11.5 Å². The number of rotatable bonds is 6. The molecule has 0 saturated heterocycles. The topological polar surface area (TPSA) is 59.3 Å². The molecule has 0 spiro atoms. The van der Waals surface area contributed by atoms with Crippen LogP contribution in [0.1, 0.15) is 15.9 Å². The second kappa shape index (κ2) is 8.71. The van der Waals surface area contributed by atoms with Gasteiger partial charge in [-0.05, 0) is 48.0 Å². The van der Waals surface area contributed by atoms with Gasteiger partial charge >= 0.3 is 0 Å². The van der Waals surface area contributed by atoms with E-state index in [0.29, 0.717) is 11.3 Å². The number of allylic oxidation sites excluding steroid dienone is 1. The van der Waals surface area contributed by atoms with Gasteiger partial charge in [0.05, 0.1) is 12.1 Å². The third kappa shape index (κ3) is 4.42. The Hall–Kier alpha value is -3.28. The van der Waals surface area contributed by atoms with Crippen molar-refractivity contribution in [2.75, 3.05) is 13.7 Å². The van der Waals surface area contributed by atoms with Gasteiger partial charge in [-0.1, -0.05) is 17.5 Å². The van der Waals surface area contributed by atoms with Crippen molar-refractivity contribution in [3.05, 3.63) is 63.9 Å². The second-order valence-corrected chi connectivity index (χ2v) is 5.44. The molecule has 4 nitrogen and oxygen atoms in total. The van der Waals surface area contributed by atoms with Gasteiger partial charge in [0, 0.05) is 5.56 Å². The Morgan fingerprint density at radius 1 is 1.35 bits per heavy atom. The Kier molecular flexibility index (Phi) is 6.38. The molecule has 0 aliphatic carbocycles. The fraction of sp³-hybridized carbons (Fsp3) is 0.100. The van der Waals surface area contributed by atoms with Crippen LogP contribution in [0.25, 0.3) is 6.08 Å². The third-order valence-corrected chi connectivity index (χ3v) is 3.61. The number of ketones is 1. The number of halogens is 2. The van der Waals surface area contributed by atoms with E-state index in [0.717, 1.165) is 12.1 Å². The van der Waals surface area contributed by atoms with E-state index in [9.17, 15) is 14.4 Å². The Morgan fingerprint density at radius 3 is 2.62 bits per heavy atom. The van der Waals surface area contributed by atoms with Gasteiger partial charge < -0.3 is 9.47 Å². The van der Waals surface area contributed by atoms with Crippen LogP contribution in [0.4, 0.5) is 4.39 Å². The molecular formula is C20H13ClFNO3. The van der Waals surface area contributed by atoms with Crippen molar-refractivity contribution >= 4 is 23.5 Å². The van der Waals surface area contributed by atoms with Gasteiger partial charge in [-0.2, -0.15) is 5.26 Å². The number of hydrogen-bond acceptors (Lipinski definition) is 4. The highest BCUT2D eigenvalue weighted by molar-refractivity contribution is 6.32. The first kappa shape index (κ1) is 19.1. The van der Waals surface area contributed by atoms with Crippen LogP contribution in [0, 0.1) is 29.5 Å². The maximum absolute atomic E-state index is 13.0. The highest BCUT2D eigenvalue weighted by Crippen LogP contribution is 2.37. The van der Waals surface area contributed by atoms with Crippen molar-refractivity contribution in [3.8, 4) is 29.9 Å². The van der Waals surface area contributed by atoms with E-state index >= 15 is 0 Å². The number of carbonyl (C=O) groups is 1. The summed E-state index contributed by atoms with van der Waals surface area (Å²) in [4.78, 5) is 12.4. The summed E-state index contributed by atoms with van der Waals surface area (Å²) in [6, 6.07) is 9.86. The first-order valence-corrected chi connectivity index (χ1v) is 7.73. The Bertz CT molecular complexity index is 937. The number of nitriles is 1. The monoisotopic (exact) mass is 369 g/mol. The Balaban J connectivity index is 2.41. The lowest BCUT2D eigenvalue weighted by Crippen LogP contribution is -2.02. The predicted octanol–water partition coefficient (Wildman–Crippen LogP) is 4.29. The summed E-state index contributed by atoms with van der Waals surface area (Å²) >= 11 is 6.18. The molecule has 0 heterocycles. The molecule has 6 heteroatoms. The van der Waals surface area contributed by atoms with Crippen LogP contribution in [0.15, 0.2) is 42.0 Å². The fourth-order valence-corrected chi connectivity index (χ4v) is 2.42. The lowest BCUT2D eigenvalue weighted by Gasteiger charge is -2.11. The molecule has 0 N–H and O–H groups in total. The van der Waals surface area contributed by atoms with Crippen LogP contribution in [0.3, 0.4) is 0 Å². The zero-order valence-corrected chi connectivity index (χ0v) is 14.5. The number of benzene rings is 2. The van der Waals surface area contributed by atoms with Crippen molar-refractivity contribution in [1.82, 2.24) is 0 Å². The maximum atomic E-state index is 13.0. The first-order valence-electron chi connectivity index (χ1n) is 7.36. The van der Waals surface area contributed by atoms with E-state index in [1.54, 1.807) is 6.07 Å². The van der Waals surface area contributed by atoms with Gasteiger partial charge in [-0.15, -0.1) is 6.42 Å². The van der Waals surface area contributed by atoms with Crippen LogP contribution in [-0.4, -0.2) is 19.5 Å². The minimum Gasteiger partial charge on any atom is -0.493 e. The van der Waals surface area contributed by atoms with Crippen LogP contribution < -0.4 is 9.47 Å². The molecule has 2 aromatic carbocycles. The Labute approximate surface area is 155 Å². The van der Waals surface area contributed by atoms with Gasteiger partial charge in [0.1, 0.15) is 24.1 Å². The third-order valence-electron chi connectivity index (χ3n) is 3.33. The normalized spacial score (nSPS) is 10.6. The molecular weight excluding hydrogens is 357 g/mol. The summed E-state index contributed by atoms with van der Waals surface area (Å²) in [5.74, 6) is 1.91. The zero-order chi connectivity index (χ0) is 19.1. The quantitative estimate of drug-likeness (QED) is 0.330. The summed E-state index contributed by atoms with van der Waals surface area (Å²) in [5, 5.41) is 9.54. The average molecular weight is 370 g/mol. The molecule has 0 amide bonds. The minimum atomic E-state index is -0.532. The summed E-state index contributed by atoms with van der Waals surface area (Å²) in [6.45, 7) is 0.0117. The molecule has 0 aromatic heterocycles. The molecule has 0 aliphatic heterocycles. The predicted molar refractivity (Wildman–Crippen MR) is 96.7 cm³/mol. The van der Waals surface area contributed by atoms with Gasteiger partial charge in [-0.25, -0.2) is 4.39 Å². The molecule has 0 saturated carbocycles. The molecule has 0 atom stereocenters. The summed E-state index contributed by atoms with van der Waals surface area (Å²) < 4.78 is 23.6. The number of terminal acetylenes is 1. The van der Waals surface area contributed by atoms with Crippen LogP contribution in [-0.2, 0) is 0 Å². The minimum absolute atomic E-state index is 0.0117. The van der Waals surface area contributed by atoms with Gasteiger partial charge in [-0.3, -0.25) is 4.79 Å². The molecule has 130 valence electrons. The molecule has 0 radical (unpaired) electrons. The number of hydrogen-bond donors (Lipinski definition) is 0. The van der Waals surface area contributed by atoms with E-state index in [1.165, 1.54) is 31.4 Å². The zero-order valence-electron chi connectivity index (χ0n) is 13.8. The van der Waals surface area contributed by atoms with Gasteiger partial charge in [0.25, 0.3) is 0 Å². The average Bonchev–Trinajstić information content (AvgIpc) is 2.64. The molecule has 2 rings (SSSR count). The SMILES string of the molecule is C#CCOc1c(Cl)cc(/C=C(\C#N)C(=O)c2ccc(F)cc2)cc1OC. The number of ether oxygens (including phenoxy) is 2. The number of nitrogens with zero attached hydrogens (tertiary/aromatic N) is 1. The largest absolute Gasteiger partial charge is 0.493 e. The number of methoxy groups -OCH3 is 1. The highest BCUT2D eigenvalue weighted by Gasteiger charge is 2.15. The second-order valence-electron chi connectivity index (χ2n) is 5.03. The molecule has 26 heavy (non-hydrogen) atoms. The van der Waals surface area contributed by atoms with E-state index in [2.05, 4.69) is 5.92 Å². The van der Waals surface area contributed by atoms with E-state index in [-0.39, 0.29) is 28.5 Å². The van der Waals surface area contributed by atoms with E-state index in [4.69, 9.17) is 27.5 Å². The van der Waals surface area contributed by atoms with Crippen molar-refractivity contribution in [2.45, 2.75) is 0 Å². The molecule has 0 aliphatic rings. The summed E-state index contributed by atoms with van der Waals surface area (Å²) in [5.41, 5.74) is 0.533. The van der Waals surface area contributed by atoms with Crippen LogP contribution in [0.2, 0.25) is 5.02 Å². The Morgan fingerprint density at radius 2 is 2.04 bits per heavy atom. The van der Waals surface area contributed by atoms with Crippen molar-refractivity contribution in [2.24, 2.45) is 0 Å². The standard InChI is InChI=1S/C20H13ClFNO3/c1-3-8-26-20-17(21)10-13(11-18(20)25-2)9-15(12-23)19(24)14-4-6-16(22)7-5-14/h1,4-7,9-11H,8H2,2H3/b15-9+. The fourth-order valence-electron chi connectivity index (χ4n) is 2.15. The molecule has 0 unspecified atom stereocenters.